The van der Waals surface area contributed by atoms with E-state index in [1.807, 2.05) is 18.2 Å². The van der Waals surface area contributed by atoms with Gasteiger partial charge in [-0.1, -0.05) is 37.3 Å². The maximum absolute atomic E-state index is 12.1. The Bertz CT molecular complexity index is 509. The van der Waals surface area contributed by atoms with Gasteiger partial charge in [-0.2, -0.15) is 5.10 Å². The largest absolute Gasteiger partial charge is 0.273 e. The van der Waals surface area contributed by atoms with Gasteiger partial charge in [0.05, 0.1) is 0 Å². The van der Waals surface area contributed by atoms with Gasteiger partial charge in [-0.25, -0.2) is 5.43 Å². The first kappa shape index (κ1) is 13.3. The van der Waals surface area contributed by atoms with E-state index in [1.165, 1.54) is 18.4 Å². The quantitative estimate of drug-likeness (QED) is 0.839. The van der Waals surface area contributed by atoms with Crippen molar-refractivity contribution in [1.29, 1.82) is 0 Å². The normalized spacial score (nSPS) is 31.1. The molecule has 3 atom stereocenters. The highest BCUT2D eigenvalue weighted by molar-refractivity contribution is 5.88. The van der Waals surface area contributed by atoms with E-state index in [-0.39, 0.29) is 11.8 Å². The van der Waals surface area contributed by atoms with Crippen LogP contribution in [0, 0.1) is 11.8 Å². The summed E-state index contributed by atoms with van der Waals surface area (Å²) >= 11 is 0. The Hall–Kier alpha value is -1.64. The molecule has 0 bridgehead atoms. The van der Waals surface area contributed by atoms with Crippen LogP contribution in [0.3, 0.4) is 0 Å². The lowest BCUT2D eigenvalue weighted by Crippen LogP contribution is -2.23. The summed E-state index contributed by atoms with van der Waals surface area (Å²) in [4.78, 5) is 12.1. The van der Waals surface area contributed by atoms with Gasteiger partial charge in [0.15, 0.2) is 0 Å². The summed E-state index contributed by atoms with van der Waals surface area (Å²) < 4.78 is 0. The van der Waals surface area contributed by atoms with Crippen LogP contribution in [0.4, 0.5) is 0 Å². The molecule has 0 radical (unpaired) electrons. The highest BCUT2D eigenvalue weighted by Gasteiger charge is 2.43. The second kappa shape index (κ2) is 5.78. The van der Waals surface area contributed by atoms with Crippen LogP contribution in [0.1, 0.15) is 50.5 Å². The monoisotopic (exact) mass is 270 g/mol. The van der Waals surface area contributed by atoms with Gasteiger partial charge in [0, 0.05) is 11.6 Å². The molecule has 20 heavy (non-hydrogen) atoms. The third-order valence-electron chi connectivity index (χ3n) is 4.43. The summed E-state index contributed by atoms with van der Waals surface area (Å²) in [6, 6.07) is 10.3. The molecule has 3 nitrogen and oxygen atoms in total. The van der Waals surface area contributed by atoms with Crippen molar-refractivity contribution in [3.05, 3.63) is 35.9 Å². The van der Waals surface area contributed by atoms with E-state index in [1.54, 1.807) is 0 Å². The summed E-state index contributed by atoms with van der Waals surface area (Å²) in [6.07, 6.45) is 5.51. The maximum atomic E-state index is 12.1. The predicted molar refractivity (Wildman–Crippen MR) is 80.5 cm³/mol. The van der Waals surface area contributed by atoms with E-state index in [4.69, 9.17) is 0 Å². The lowest BCUT2D eigenvalue weighted by atomic mass is 9.89. The molecule has 2 aliphatic rings. The van der Waals surface area contributed by atoms with Crippen molar-refractivity contribution in [3.8, 4) is 0 Å². The van der Waals surface area contributed by atoms with Crippen molar-refractivity contribution < 1.29 is 4.79 Å². The highest BCUT2D eigenvalue weighted by Crippen LogP contribution is 2.47. The van der Waals surface area contributed by atoms with E-state index < -0.39 is 0 Å². The Labute approximate surface area is 120 Å². The third kappa shape index (κ3) is 3.09. The molecule has 1 aromatic rings. The molecule has 2 fully saturated rings. The molecular weight excluding hydrogens is 248 g/mol. The van der Waals surface area contributed by atoms with Gasteiger partial charge < -0.3 is 0 Å². The molecule has 2 saturated carbocycles. The number of carbonyl (C=O) groups is 1. The molecule has 0 saturated heterocycles. The molecule has 0 heterocycles. The Morgan fingerprint density at radius 3 is 2.85 bits per heavy atom. The highest BCUT2D eigenvalue weighted by atomic mass is 16.2. The summed E-state index contributed by atoms with van der Waals surface area (Å²) in [5, 5.41) is 4.34. The average molecular weight is 270 g/mol. The van der Waals surface area contributed by atoms with Gasteiger partial charge in [0.2, 0.25) is 5.91 Å². The van der Waals surface area contributed by atoms with Crippen LogP contribution in [0.25, 0.3) is 0 Å². The van der Waals surface area contributed by atoms with Crippen molar-refractivity contribution in [2.75, 3.05) is 0 Å². The van der Waals surface area contributed by atoms with Crippen LogP contribution < -0.4 is 5.43 Å². The number of nitrogens with one attached hydrogen (secondary N) is 1. The van der Waals surface area contributed by atoms with Crippen molar-refractivity contribution in [2.45, 2.75) is 44.9 Å². The van der Waals surface area contributed by atoms with Crippen LogP contribution >= 0.6 is 0 Å². The molecule has 0 aliphatic heterocycles. The molecule has 1 N–H and O–H groups in total. The molecule has 0 unspecified atom stereocenters. The minimum absolute atomic E-state index is 0.0876. The van der Waals surface area contributed by atoms with Crippen LogP contribution in [0.2, 0.25) is 0 Å². The first-order valence-electron chi connectivity index (χ1n) is 7.64. The first-order valence-corrected chi connectivity index (χ1v) is 7.64. The Balaban J connectivity index is 1.53. The molecule has 1 amide bonds. The van der Waals surface area contributed by atoms with Crippen molar-refractivity contribution >= 4 is 11.6 Å². The maximum Gasteiger partial charge on any atom is 0.243 e. The summed E-state index contributed by atoms with van der Waals surface area (Å²) in [6.45, 7) is 2.25. The molecule has 2 aliphatic carbocycles. The lowest BCUT2D eigenvalue weighted by molar-refractivity contribution is -0.122. The number of amides is 1. The second-order valence-corrected chi connectivity index (χ2v) is 6.21. The van der Waals surface area contributed by atoms with Gasteiger partial charge >= 0.3 is 0 Å². The Morgan fingerprint density at radius 1 is 1.30 bits per heavy atom. The van der Waals surface area contributed by atoms with Crippen LogP contribution in [-0.4, -0.2) is 11.6 Å². The zero-order chi connectivity index (χ0) is 13.9. The number of carbonyl (C=O) groups excluding carboxylic acids is 1. The SMILES string of the molecule is C[C@@H]1CCC/C(=N\NC(=O)[C@H]2C[C@@H]2c2ccccc2)C1. The van der Waals surface area contributed by atoms with Crippen molar-refractivity contribution in [2.24, 2.45) is 16.9 Å². The number of rotatable bonds is 3. The molecular formula is C17H22N2O. The fourth-order valence-electron chi connectivity index (χ4n) is 3.13. The Kier molecular flexibility index (Phi) is 3.86. The topological polar surface area (TPSA) is 41.5 Å². The van der Waals surface area contributed by atoms with Crippen LogP contribution in [-0.2, 0) is 4.79 Å². The predicted octanol–water partition coefficient (Wildman–Crippen LogP) is 3.47. The minimum Gasteiger partial charge on any atom is -0.273 e. The first-order chi connectivity index (χ1) is 9.74. The number of hydrogen-bond acceptors (Lipinski definition) is 2. The molecule has 3 heteroatoms. The Morgan fingerprint density at radius 2 is 2.10 bits per heavy atom. The standard InChI is InChI=1S/C17H22N2O/c1-12-6-5-9-14(10-12)18-19-17(20)16-11-15(16)13-7-3-2-4-8-13/h2-4,7-8,12,15-16H,5-6,9-11H2,1H3,(H,19,20)/b18-14+/t12-,15-,16+/m1/s1. The molecule has 0 spiro atoms. The third-order valence-corrected chi connectivity index (χ3v) is 4.43. The molecule has 3 rings (SSSR count). The number of benzene rings is 1. The zero-order valence-corrected chi connectivity index (χ0v) is 12.0. The second-order valence-electron chi connectivity index (χ2n) is 6.21. The van der Waals surface area contributed by atoms with E-state index in [2.05, 4.69) is 29.6 Å². The van der Waals surface area contributed by atoms with Gasteiger partial charge in [-0.05, 0) is 49.5 Å². The fraction of sp³-hybridized carbons (Fsp3) is 0.529. The van der Waals surface area contributed by atoms with Gasteiger partial charge in [-0.15, -0.1) is 0 Å². The summed E-state index contributed by atoms with van der Waals surface area (Å²) in [5.74, 6) is 1.30. The smallest absolute Gasteiger partial charge is 0.243 e. The summed E-state index contributed by atoms with van der Waals surface area (Å²) in [7, 11) is 0. The zero-order valence-electron chi connectivity index (χ0n) is 12.0. The molecule has 1 aromatic carbocycles. The number of hydrogen-bond donors (Lipinski definition) is 1. The molecule has 106 valence electrons. The van der Waals surface area contributed by atoms with Crippen LogP contribution in [0.5, 0.6) is 0 Å². The van der Waals surface area contributed by atoms with Crippen LogP contribution in [0.15, 0.2) is 35.4 Å². The summed E-state index contributed by atoms with van der Waals surface area (Å²) in [5.41, 5.74) is 5.21. The van der Waals surface area contributed by atoms with Gasteiger partial charge in [0.1, 0.15) is 0 Å². The van der Waals surface area contributed by atoms with E-state index in [9.17, 15) is 4.79 Å². The minimum atomic E-state index is 0.0876. The van der Waals surface area contributed by atoms with Gasteiger partial charge in [-0.3, -0.25) is 4.79 Å². The number of hydrazone groups is 1. The van der Waals surface area contributed by atoms with Crippen molar-refractivity contribution in [1.82, 2.24) is 5.43 Å². The lowest BCUT2D eigenvalue weighted by Gasteiger charge is -2.18. The van der Waals surface area contributed by atoms with Gasteiger partial charge in [0.25, 0.3) is 0 Å². The van der Waals surface area contributed by atoms with E-state index in [0.717, 1.165) is 25.0 Å². The van der Waals surface area contributed by atoms with Crippen molar-refractivity contribution in [3.63, 3.8) is 0 Å². The average Bonchev–Trinajstić information content (AvgIpc) is 3.26. The van der Waals surface area contributed by atoms with E-state index in [0.29, 0.717) is 11.8 Å². The van der Waals surface area contributed by atoms with E-state index >= 15 is 0 Å². The molecule has 0 aromatic heterocycles. The number of nitrogens with zero attached hydrogens (tertiary/aromatic N) is 1. The fourth-order valence-corrected chi connectivity index (χ4v) is 3.13.